The Morgan fingerprint density at radius 1 is 1.36 bits per heavy atom. The number of hydrogen-bond donors (Lipinski definition) is 0. The Balaban J connectivity index is 1.96. The number of anilines is 1. The second kappa shape index (κ2) is 6.88. The molecule has 1 aromatic carbocycles. The Morgan fingerprint density at radius 3 is 2.80 bits per heavy atom. The van der Waals surface area contributed by atoms with Crippen molar-refractivity contribution in [1.82, 2.24) is 4.98 Å². The van der Waals surface area contributed by atoms with E-state index in [-0.39, 0.29) is 5.91 Å². The minimum atomic E-state index is -3.25. The molecule has 0 saturated carbocycles. The largest absolute Gasteiger partial charge is 0.307 e. The minimum absolute atomic E-state index is 0.0367. The third-order valence-corrected chi connectivity index (χ3v) is 6.66. The lowest BCUT2D eigenvalue weighted by atomic mass is 10.0. The molecule has 2 aromatic rings. The fourth-order valence-electron chi connectivity index (χ4n) is 3.11. The Labute approximate surface area is 152 Å². The first kappa shape index (κ1) is 18.1. The van der Waals surface area contributed by atoms with E-state index in [2.05, 4.69) is 11.9 Å². The molecular formula is C18H22N2O3S2. The monoisotopic (exact) mass is 378 g/mol. The van der Waals surface area contributed by atoms with E-state index in [1.807, 2.05) is 6.92 Å². The molecule has 0 radical (unpaired) electrons. The Morgan fingerprint density at radius 2 is 2.12 bits per heavy atom. The average Bonchev–Trinajstić information content (AvgIpc) is 2.93. The van der Waals surface area contributed by atoms with Crippen molar-refractivity contribution in [3.63, 3.8) is 0 Å². The van der Waals surface area contributed by atoms with Gasteiger partial charge in [-0.25, -0.2) is 13.4 Å². The van der Waals surface area contributed by atoms with Gasteiger partial charge in [0.15, 0.2) is 9.84 Å². The predicted octanol–water partition coefficient (Wildman–Crippen LogP) is 3.40. The Bertz CT molecular complexity index is 916. The first-order chi connectivity index (χ1) is 11.8. The molecule has 0 N–H and O–H groups in total. The molecular weight excluding hydrogens is 356 g/mol. The summed E-state index contributed by atoms with van der Waals surface area (Å²) in [6, 6.07) is 5.04. The maximum absolute atomic E-state index is 13.1. The number of carbonyl (C=O) groups excluding carboxylic acids is 1. The minimum Gasteiger partial charge on any atom is -0.307 e. The summed E-state index contributed by atoms with van der Waals surface area (Å²) in [5.74, 6) is -0.0367. The molecule has 1 aliphatic heterocycles. The van der Waals surface area contributed by atoms with Crippen LogP contribution in [0.2, 0.25) is 0 Å². The third kappa shape index (κ3) is 3.62. The van der Waals surface area contributed by atoms with Crippen molar-refractivity contribution in [3.05, 3.63) is 39.3 Å². The maximum atomic E-state index is 13.1. The second-order valence-electron chi connectivity index (χ2n) is 6.40. The molecule has 2 heterocycles. The summed E-state index contributed by atoms with van der Waals surface area (Å²) in [6.45, 7) is 4.61. The van der Waals surface area contributed by atoms with Crippen molar-refractivity contribution in [2.75, 3.05) is 17.7 Å². The number of amides is 1. The quantitative estimate of drug-likeness (QED) is 0.818. The van der Waals surface area contributed by atoms with Crippen LogP contribution in [0, 0.1) is 6.92 Å². The van der Waals surface area contributed by atoms with E-state index in [1.54, 1.807) is 23.1 Å². The van der Waals surface area contributed by atoms with Gasteiger partial charge in [-0.2, -0.15) is 0 Å². The Kier molecular flexibility index (Phi) is 4.97. The standard InChI is InChI=1S/C18H22N2O3S2/c1-4-6-16-19-12(2)17(24-16)18(21)20-10-5-7-13-11-14(25(3,22)23)8-9-15(13)20/h8-9,11H,4-7,10H2,1-3H3. The number of sulfone groups is 1. The first-order valence-electron chi connectivity index (χ1n) is 8.42. The lowest BCUT2D eigenvalue weighted by Gasteiger charge is -2.29. The Hall–Kier alpha value is -1.73. The summed E-state index contributed by atoms with van der Waals surface area (Å²) in [5.41, 5.74) is 2.50. The van der Waals surface area contributed by atoms with Gasteiger partial charge in [0.1, 0.15) is 4.88 Å². The van der Waals surface area contributed by atoms with Crippen molar-refractivity contribution >= 4 is 32.8 Å². The van der Waals surface area contributed by atoms with Crippen LogP contribution in [0.15, 0.2) is 23.1 Å². The number of fused-ring (bicyclic) bond motifs is 1. The van der Waals surface area contributed by atoms with Crippen LogP contribution in [0.4, 0.5) is 5.69 Å². The predicted molar refractivity (Wildman–Crippen MR) is 100 cm³/mol. The number of aromatic nitrogens is 1. The summed E-state index contributed by atoms with van der Waals surface area (Å²) in [4.78, 5) is 20.3. The van der Waals surface area contributed by atoms with E-state index in [9.17, 15) is 13.2 Å². The molecule has 5 nitrogen and oxygen atoms in total. The molecule has 0 bridgehead atoms. The van der Waals surface area contributed by atoms with Gasteiger partial charge in [-0.05, 0) is 56.4 Å². The van der Waals surface area contributed by atoms with Gasteiger partial charge < -0.3 is 4.90 Å². The number of rotatable bonds is 4. The highest BCUT2D eigenvalue weighted by Crippen LogP contribution is 2.32. The SMILES string of the molecule is CCCc1nc(C)c(C(=O)N2CCCc3cc(S(C)(=O)=O)ccc32)s1. The summed E-state index contributed by atoms with van der Waals surface area (Å²) in [5, 5.41) is 0.994. The van der Waals surface area contributed by atoms with Gasteiger partial charge in [0.25, 0.3) is 5.91 Å². The van der Waals surface area contributed by atoms with E-state index in [0.717, 1.165) is 47.6 Å². The van der Waals surface area contributed by atoms with Gasteiger partial charge in [-0.3, -0.25) is 4.79 Å². The molecule has 7 heteroatoms. The van der Waals surface area contributed by atoms with Crippen LogP contribution in [-0.4, -0.2) is 32.1 Å². The van der Waals surface area contributed by atoms with Crippen molar-refractivity contribution in [3.8, 4) is 0 Å². The zero-order valence-electron chi connectivity index (χ0n) is 14.7. The summed E-state index contributed by atoms with van der Waals surface area (Å²) in [6.07, 6.45) is 4.70. The van der Waals surface area contributed by atoms with Crippen LogP contribution >= 0.6 is 11.3 Å². The normalized spacial score (nSPS) is 14.4. The fourth-order valence-corrected chi connectivity index (χ4v) is 4.90. The molecule has 1 amide bonds. The van der Waals surface area contributed by atoms with Crippen molar-refractivity contribution in [2.45, 2.75) is 44.4 Å². The van der Waals surface area contributed by atoms with E-state index in [1.165, 1.54) is 17.6 Å². The molecule has 0 fully saturated rings. The maximum Gasteiger partial charge on any atom is 0.270 e. The molecule has 1 aromatic heterocycles. The van der Waals surface area contributed by atoms with Gasteiger partial charge in [-0.1, -0.05) is 6.92 Å². The molecule has 25 heavy (non-hydrogen) atoms. The molecule has 0 unspecified atom stereocenters. The van der Waals surface area contributed by atoms with E-state index >= 15 is 0 Å². The fraction of sp³-hybridized carbons (Fsp3) is 0.444. The number of benzene rings is 1. The highest BCUT2D eigenvalue weighted by atomic mass is 32.2. The molecule has 0 atom stereocenters. The van der Waals surface area contributed by atoms with E-state index in [0.29, 0.717) is 16.3 Å². The van der Waals surface area contributed by atoms with Gasteiger partial charge in [0, 0.05) is 18.5 Å². The third-order valence-electron chi connectivity index (χ3n) is 4.34. The summed E-state index contributed by atoms with van der Waals surface area (Å²) < 4.78 is 23.6. The van der Waals surface area contributed by atoms with Gasteiger partial charge in [0.05, 0.1) is 15.6 Å². The molecule has 1 aliphatic rings. The van der Waals surface area contributed by atoms with Crippen LogP contribution in [0.25, 0.3) is 0 Å². The zero-order chi connectivity index (χ0) is 18.2. The number of hydrogen-bond acceptors (Lipinski definition) is 5. The topological polar surface area (TPSA) is 67.3 Å². The lowest BCUT2D eigenvalue weighted by Crippen LogP contribution is -2.35. The van der Waals surface area contributed by atoms with Crippen LogP contribution < -0.4 is 4.90 Å². The zero-order valence-corrected chi connectivity index (χ0v) is 16.3. The number of thiazole rings is 1. The average molecular weight is 379 g/mol. The lowest BCUT2D eigenvalue weighted by molar-refractivity contribution is 0.0988. The molecule has 0 saturated heterocycles. The van der Waals surface area contributed by atoms with Crippen LogP contribution in [0.1, 0.15) is 45.7 Å². The summed E-state index contributed by atoms with van der Waals surface area (Å²) >= 11 is 1.47. The molecule has 3 rings (SSSR count). The summed E-state index contributed by atoms with van der Waals surface area (Å²) in [7, 11) is -3.25. The van der Waals surface area contributed by atoms with Crippen LogP contribution in [0.5, 0.6) is 0 Å². The van der Waals surface area contributed by atoms with Crippen LogP contribution in [0.3, 0.4) is 0 Å². The van der Waals surface area contributed by atoms with Gasteiger partial charge in [0.2, 0.25) is 0 Å². The van der Waals surface area contributed by atoms with E-state index < -0.39 is 9.84 Å². The number of carbonyl (C=O) groups is 1. The molecule has 0 aliphatic carbocycles. The highest BCUT2D eigenvalue weighted by Gasteiger charge is 2.27. The smallest absolute Gasteiger partial charge is 0.270 e. The highest BCUT2D eigenvalue weighted by molar-refractivity contribution is 7.90. The van der Waals surface area contributed by atoms with Crippen molar-refractivity contribution in [1.29, 1.82) is 0 Å². The van der Waals surface area contributed by atoms with Crippen LogP contribution in [-0.2, 0) is 22.7 Å². The van der Waals surface area contributed by atoms with Gasteiger partial charge in [-0.15, -0.1) is 11.3 Å². The second-order valence-corrected chi connectivity index (χ2v) is 9.49. The van der Waals surface area contributed by atoms with Crippen molar-refractivity contribution in [2.24, 2.45) is 0 Å². The first-order valence-corrected chi connectivity index (χ1v) is 11.1. The van der Waals surface area contributed by atoms with E-state index in [4.69, 9.17) is 0 Å². The number of nitrogens with zero attached hydrogens (tertiary/aromatic N) is 2. The molecule has 134 valence electrons. The molecule has 0 spiro atoms. The van der Waals surface area contributed by atoms with Crippen molar-refractivity contribution < 1.29 is 13.2 Å². The van der Waals surface area contributed by atoms with Gasteiger partial charge >= 0.3 is 0 Å². The number of aryl methyl sites for hydroxylation is 3.